The van der Waals surface area contributed by atoms with Crippen LogP contribution < -0.4 is 5.32 Å². The number of amides is 1. The van der Waals surface area contributed by atoms with Crippen LogP contribution in [0.25, 0.3) is 5.95 Å². The van der Waals surface area contributed by atoms with Gasteiger partial charge in [-0.15, -0.1) is 0 Å². The molecule has 0 aromatic carbocycles. The highest BCUT2D eigenvalue weighted by atomic mass is 16.3. The third-order valence-corrected chi connectivity index (χ3v) is 3.64. The zero-order valence-corrected chi connectivity index (χ0v) is 11.5. The van der Waals surface area contributed by atoms with Crippen LogP contribution in [-0.4, -0.2) is 42.7 Å². The van der Waals surface area contributed by atoms with Gasteiger partial charge in [-0.1, -0.05) is 0 Å². The molecule has 2 heterocycles. The van der Waals surface area contributed by atoms with Crippen LogP contribution in [0, 0.1) is 0 Å². The Morgan fingerprint density at radius 1 is 1.29 bits per heavy atom. The van der Waals surface area contributed by atoms with E-state index in [0.29, 0.717) is 11.6 Å². The SMILES string of the molecule is O=C(NC1CCC(O)CC1)c1ccnc(-n2ccnc2)n1. The van der Waals surface area contributed by atoms with E-state index in [-0.39, 0.29) is 18.1 Å². The molecule has 0 spiro atoms. The minimum atomic E-state index is -0.231. The van der Waals surface area contributed by atoms with Gasteiger partial charge in [0.25, 0.3) is 5.91 Å². The highest BCUT2D eigenvalue weighted by molar-refractivity contribution is 5.92. The summed E-state index contributed by atoms with van der Waals surface area (Å²) in [4.78, 5) is 24.5. The lowest BCUT2D eigenvalue weighted by molar-refractivity contribution is 0.0863. The monoisotopic (exact) mass is 287 g/mol. The largest absolute Gasteiger partial charge is 0.393 e. The Labute approximate surface area is 122 Å². The number of nitrogens with one attached hydrogen (secondary N) is 1. The molecule has 0 bridgehead atoms. The van der Waals surface area contributed by atoms with Gasteiger partial charge >= 0.3 is 0 Å². The predicted molar refractivity (Wildman–Crippen MR) is 74.9 cm³/mol. The van der Waals surface area contributed by atoms with E-state index in [9.17, 15) is 9.90 Å². The first kappa shape index (κ1) is 13.7. The van der Waals surface area contributed by atoms with Gasteiger partial charge in [-0.2, -0.15) is 0 Å². The summed E-state index contributed by atoms with van der Waals surface area (Å²) in [6.45, 7) is 0. The third kappa shape index (κ3) is 3.25. The Balaban J connectivity index is 1.69. The molecule has 0 aliphatic heterocycles. The van der Waals surface area contributed by atoms with Crippen molar-refractivity contribution in [1.29, 1.82) is 0 Å². The first-order valence-electron chi connectivity index (χ1n) is 7.02. The molecular weight excluding hydrogens is 270 g/mol. The molecule has 0 saturated heterocycles. The number of aliphatic hydroxyl groups is 1. The Morgan fingerprint density at radius 3 is 2.81 bits per heavy atom. The molecule has 3 rings (SSSR count). The standard InChI is InChI=1S/C14H17N5O2/c20-11-3-1-10(2-4-11)17-13(21)12-5-6-16-14(18-12)19-8-7-15-9-19/h5-11,20H,1-4H2,(H,17,21). The molecule has 0 unspecified atom stereocenters. The van der Waals surface area contributed by atoms with E-state index in [1.807, 2.05) is 0 Å². The van der Waals surface area contributed by atoms with Gasteiger partial charge in [-0.05, 0) is 31.7 Å². The van der Waals surface area contributed by atoms with Crippen molar-refractivity contribution < 1.29 is 9.90 Å². The summed E-state index contributed by atoms with van der Waals surface area (Å²) >= 11 is 0. The Kier molecular flexibility index (Phi) is 3.92. The maximum Gasteiger partial charge on any atom is 0.270 e. The molecule has 0 radical (unpaired) electrons. The van der Waals surface area contributed by atoms with E-state index in [2.05, 4.69) is 20.3 Å². The quantitative estimate of drug-likeness (QED) is 0.866. The van der Waals surface area contributed by atoms with Gasteiger partial charge < -0.3 is 10.4 Å². The number of aliphatic hydroxyl groups excluding tert-OH is 1. The smallest absolute Gasteiger partial charge is 0.270 e. The summed E-state index contributed by atoms with van der Waals surface area (Å²) in [6, 6.07) is 1.69. The number of rotatable bonds is 3. The molecule has 1 fully saturated rings. The molecule has 21 heavy (non-hydrogen) atoms. The predicted octanol–water partition coefficient (Wildman–Crippen LogP) is 0.696. The average Bonchev–Trinajstić information content (AvgIpc) is 3.04. The summed E-state index contributed by atoms with van der Waals surface area (Å²) in [5, 5.41) is 12.4. The van der Waals surface area contributed by atoms with Crippen LogP contribution in [0.1, 0.15) is 36.2 Å². The molecule has 7 heteroatoms. The van der Waals surface area contributed by atoms with Crippen LogP contribution in [0.4, 0.5) is 0 Å². The zero-order chi connectivity index (χ0) is 14.7. The second-order valence-corrected chi connectivity index (χ2v) is 5.19. The lowest BCUT2D eigenvalue weighted by Crippen LogP contribution is -2.39. The number of aromatic nitrogens is 4. The Morgan fingerprint density at radius 2 is 2.10 bits per heavy atom. The lowest BCUT2D eigenvalue weighted by Gasteiger charge is -2.26. The summed E-state index contributed by atoms with van der Waals surface area (Å²) < 4.78 is 1.65. The van der Waals surface area contributed by atoms with Crippen molar-refractivity contribution in [3.8, 4) is 5.95 Å². The van der Waals surface area contributed by atoms with E-state index >= 15 is 0 Å². The first-order chi connectivity index (χ1) is 10.2. The van der Waals surface area contributed by atoms with E-state index in [0.717, 1.165) is 25.7 Å². The van der Waals surface area contributed by atoms with Crippen molar-refractivity contribution >= 4 is 5.91 Å². The van der Waals surface area contributed by atoms with Gasteiger partial charge in [0.2, 0.25) is 5.95 Å². The number of imidazole rings is 1. The molecule has 0 atom stereocenters. The minimum absolute atomic E-state index is 0.104. The fourth-order valence-electron chi connectivity index (χ4n) is 2.46. The summed E-state index contributed by atoms with van der Waals surface area (Å²) in [7, 11) is 0. The molecule has 2 aromatic heterocycles. The van der Waals surface area contributed by atoms with Crippen LogP contribution in [0.5, 0.6) is 0 Å². The van der Waals surface area contributed by atoms with Gasteiger partial charge in [-0.25, -0.2) is 15.0 Å². The molecule has 110 valence electrons. The first-order valence-corrected chi connectivity index (χ1v) is 7.02. The Bertz CT molecular complexity index is 606. The van der Waals surface area contributed by atoms with Crippen molar-refractivity contribution in [3.63, 3.8) is 0 Å². The number of nitrogens with zero attached hydrogens (tertiary/aromatic N) is 4. The number of carbonyl (C=O) groups is 1. The summed E-state index contributed by atoms with van der Waals surface area (Å²) in [6.07, 6.45) is 9.32. The molecule has 1 aliphatic carbocycles. The molecule has 7 nitrogen and oxygen atoms in total. The molecule has 1 saturated carbocycles. The highest BCUT2D eigenvalue weighted by Crippen LogP contribution is 2.18. The fourth-order valence-corrected chi connectivity index (χ4v) is 2.46. The van der Waals surface area contributed by atoms with Crippen LogP contribution in [0.15, 0.2) is 31.0 Å². The van der Waals surface area contributed by atoms with Crippen molar-refractivity contribution in [3.05, 3.63) is 36.7 Å². The van der Waals surface area contributed by atoms with E-state index in [1.54, 1.807) is 35.6 Å². The van der Waals surface area contributed by atoms with Crippen molar-refractivity contribution in [2.24, 2.45) is 0 Å². The maximum absolute atomic E-state index is 12.2. The van der Waals surface area contributed by atoms with Crippen LogP contribution >= 0.6 is 0 Å². The highest BCUT2D eigenvalue weighted by Gasteiger charge is 2.21. The lowest BCUT2D eigenvalue weighted by atomic mass is 9.93. The van der Waals surface area contributed by atoms with Crippen molar-refractivity contribution in [1.82, 2.24) is 24.8 Å². The van der Waals surface area contributed by atoms with E-state index in [1.165, 1.54) is 0 Å². The Hall–Kier alpha value is -2.28. The van der Waals surface area contributed by atoms with Crippen molar-refractivity contribution in [2.75, 3.05) is 0 Å². The normalized spacial score (nSPS) is 22.0. The zero-order valence-electron chi connectivity index (χ0n) is 11.5. The number of carbonyl (C=O) groups excluding carboxylic acids is 1. The van der Waals surface area contributed by atoms with Gasteiger partial charge in [-0.3, -0.25) is 9.36 Å². The molecular formula is C14H17N5O2. The van der Waals surface area contributed by atoms with E-state index < -0.39 is 0 Å². The average molecular weight is 287 g/mol. The van der Waals surface area contributed by atoms with Gasteiger partial charge in [0.05, 0.1) is 6.10 Å². The van der Waals surface area contributed by atoms with E-state index in [4.69, 9.17) is 0 Å². The summed E-state index contributed by atoms with van der Waals surface area (Å²) in [5.74, 6) is 0.208. The number of hydrogen-bond acceptors (Lipinski definition) is 5. The second kappa shape index (κ2) is 6.01. The number of hydrogen-bond donors (Lipinski definition) is 2. The fraction of sp³-hybridized carbons (Fsp3) is 0.429. The third-order valence-electron chi connectivity index (χ3n) is 3.64. The topological polar surface area (TPSA) is 92.9 Å². The van der Waals surface area contributed by atoms with Crippen molar-refractivity contribution in [2.45, 2.75) is 37.8 Å². The molecule has 1 aliphatic rings. The second-order valence-electron chi connectivity index (χ2n) is 5.19. The molecule has 1 amide bonds. The van der Waals surface area contributed by atoms with Gasteiger partial charge in [0.1, 0.15) is 12.0 Å². The van der Waals surface area contributed by atoms with Crippen LogP contribution in [0.2, 0.25) is 0 Å². The van der Waals surface area contributed by atoms with Gasteiger partial charge in [0.15, 0.2) is 0 Å². The molecule has 2 aromatic rings. The maximum atomic E-state index is 12.2. The van der Waals surface area contributed by atoms with Crippen LogP contribution in [0.3, 0.4) is 0 Å². The molecule has 2 N–H and O–H groups in total. The summed E-state index contributed by atoms with van der Waals surface area (Å²) in [5.41, 5.74) is 0.333. The van der Waals surface area contributed by atoms with Crippen LogP contribution in [-0.2, 0) is 0 Å². The minimum Gasteiger partial charge on any atom is -0.393 e. The van der Waals surface area contributed by atoms with Gasteiger partial charge in [0, 0.05) is 24.6 Å².